The van der Waals surface area contributed by atoms with Crippen molar-refractivity contribution in [1.29, 1.82) is 0 Å². The van der Waals surface area contributed by atoms with Crippen LogP contribution >= 0.6 is 23.4 Å². The summed E-state index contributed by atoms with van der Waals surface area (Å²) in [4.78, 5) is 2.41. The van der Waals surface area contributed by atoms with E-state index < -0.39 is 0 Å². The van der Waals surface area contributed by atoms with E-state index in [1.807, 2.05) is 17.8 Å². The molecule has 2 nitrogen and oxygen atoms in total. The first kappa shape index (κ1) is 16.0. The highest BCUT2D eigenvalue weighted by Gasteiger charge is 2.23. The second-order valence-electron chi connectivity index (χ2n) is 6.47. The predicted molar refractivity (Wildman–Crippen MR) is 92.2 cm³/mol. The van der Waals surface area contributed by atoms with E-state index in [2.05, 4.69) is 50.2 Å². The summed E-state index contributed by atoms with van der Waals surface area (Å²) in [5.74, 6) is 2.49. The van der Waals surface area contributed by atoms with Crippen molar-refractivity contribution in [2.24, 2.45) is 0 Å². The fourth-order valence-electron chi connectivity index (χ4n) is 2.43. The molecular formula is C16H25ClN2S. The molecule has 1 saturated heterocycles. The maximum atomic E-state index is 6.44. The highest BCUT2D eigenvalue weighted by atomic mass is 35.5. The van der Waals surface area contributed by atoms with Crippen molar-refractivity contribution in [1.82, 2.24) is 5.32 Å². The largest absolute Gasteiger partial charge is 0.370 e. The van der Waals surface area contributed by atoms with E-state index in [0.717, 1.165) is 11.6 Å². The van der Waals surface area contributed by atoms with Crippen LogP contribution in [0.5, 0.6) is 0 Å². The molecule has 112 valence electrons. The molecule has 20 heavy (non-hydrogen) atoms. The van der Waals surface area contributed by atoms with Gasteiger partial charge in [-0.25, -0.2) is 0 Å². The standard InChI is InChI=1S/C16H25ClN2S/c1-16(2,3)18-10-13-14(17)6-5-7-15(13)19(4)12-8-9-20-11-12/h5-7,12,18H,8-11H2,1-4H3. The summed E-state index contributed by atoms with van der Waals surface area (Å²) in [5.41, 5.74) is 2.57. The summed E-state index contributed by atoms with van der Waals surface area (Å²) < 4.78 is 0. The molecule has 1 N–H and O–H groups in total. The van der Waals surface area contributed by atoms with Crippen LogP contribution in [0.2, 0.25) is 5.02 Å². The van der Waals surface area contributed by atoms with Crippen LogP contribution in [-0.4, -0.2) is 30.1 Å². The number of anilines is 1. The number of halogens is 1. The molecular weight excluding hydrogens is 288 g/mol. The monoisotopic (exact) mass is 312 g/mol. The Hall–Kier alpha value is -0.380. The van der Waals surface area contributed by atoms with Crippen molar-refractivity contribution in [3.8, 4) is 0 Å². The highest BCUT2D eigenvalue weighted by molar-refractivity contribution is 7.99. The lowest BCUT2D eigenvalue weighted by molar-refractivity contribution is 0.424. The molecule has 0 saturated carbocycles. The Morgan fingerprint density at radius 1 is 1.40 bits per heavy atom. The van der Waals surface area contributed by atoms with Gasteiger partial charge in [-0.2, -0.15) is 11.8 Å². The minimum Gasteiger partial charge on any atom is -0.370 e. The van der Waals surface area contributed by atoms with E-state index >= 15 is 0 Å². The second-order valence-corrected chi connectivity index (χ2v) is 8.03. The van der Waals surface area contributed by atoms with E-state index in [1.165, 1.54) is 29.2 Å². The van der Waals surface area contributed by atoms with Crippen LogP contribution in [0.15, 0.2) is 18.2 Å². The first-order valence-electron chi connectivity index (χ1n) is 7.21. The summed E-state index contributed by atoms with van der Waals surface area (Å²) in [6.45, 7) is 7.35. The molecule has 1 aliphatic rings. The van der Waals surface area contributed by atoms with E-state index in [-0.39, 0.29) is 5.54 Å². The molecule has 0 aliphatic carbocycles. The van der Waals surface area contributed by atoms with Crippen molar-refractivity contribution >= 4 is 29.1 Å². The van der Waals surface area contributed by atoms with E-state index in [1.54, 1.807) is 0 Å². The fraction of sp³-hybridized carbons (Fsp3) is 0.625. The lowest BCUT2D eigenvalue weighted by atomic mass is 10.1. The first-order chi connectivity index (χ1) is 9.38. The van der Waals surface area contributed by atoms with E-state index in [9.17, 15) is 0 Å². The van der Waals surface area contributed by atoms with Gasteiger partial charge in [0, 0.05) is 47.2 Å². The molecule has 1 heterocycles. The minimum atomic E-state index is 0.0955. The normalized spacial score (nSPS) is 19.4. The number of thioether (sulfide) groups is 1. The Bertz CT molecular complexity index is 450. The van der Waals surface area contributed by atoms with Crippen LogP contribution in [0.25, 0.3) is 0 Å². The van der Waals surface area contributed by atoms with Gasteiger partial charge < -0.3 is 10.2 Å². The molecule has 1 unspecified atom stereocenters. The maximum Gasteiger partial charge on any atom is 0.0471 e. The highest BCUT2D eigenvalue weighted by Crippen LogP contribution is 2.32. The van der Waals surface area contributed by atoms with Crippen LogP contribution < -0.4 is 10.2 Å². The third-order valence-corrected chi connectivity index (χ3v) is 5.22. The SMILES string of the molecule is CN(c1cccc(Cl)c1CNC(C)(C)C)C1CCSC1. The quantitative estimate of drug-likeness (QED) is 0.898. The van der Waals surface area contributed by atoms with Crippen molar-refractivity contribution < 1.29 is 0 Å². The van der Waals surface area contributed by atoms with E-state index in [0.29, 0.717) is 6.04 Å². The summed E-state index contributed by atoms with van der Waals surface area (Å²) in [6, 6.07) is 6.86. The lowest BCUT2D eigenvalue weighted by Gasteiger charge is -2.30. The summed E-state index contributed by atoms with van der Waals surface area (Å²) in [7, 11) is 2.20. The van der Waals surface area contributed by atoms with Crippen LogP contribution in [0.3, 0.4) is 0 Å². The van der Waals surface area contributed by atoms with Crippen LogP contribution in [-0.2, 0) is 6.54 Å². The number of hydrogen-bond donors (Lipinski definition) is 1. The van der Waals surface area contributed by atoms with Gasteiger partial charge in [-0.1, -0.05) is 17.7 Å². The molecule has 1 aliphatic heterocycles. The topological polar surface area (TPSA) is 15.3 Å². The average Bonchev–Trinajstić information content (AvgIpc) is 2.89. The summed E-state index contributed by atoms with van der Waals surface area (Å²) in [5, 5.41) is 4.41. The number of nitrogens with zero attached hydrogens (tertiary/aromatic N) is 1. The number of hydrogen-bond acceptors (Lipinski definition) is 3. The molecule has 4 heteroatoms. The Morgan fingerprint density at radius 2 is 2.15 bits per heavy atom. The third kappa shape index (κ3) is 4.06. The predicted octanol–water partition coefficient (Wildman–Crippen LogP) is 4.17. The van der Waals surface area contributed by atoms with Gasteiger partial charge in [-0.3, -0.25) is 0 Å². The molecule has 1 fully saturated rings. The van der Waals surface area contributed by atoms with Gasteiger partial charge in [0.05, 0.1) is 0 Å². The average molecular weight is 313 g/mol. The Labute approximate surface area is 132 Å². The first-order valence-corrected chi connectivity index (χ1v) is 8.75. The molecule has 0 radical (unpaired) electrons. The van der Waals surface area contributed by atoms with E-state index in [4.69, 9.17) is 11.6 Å². The van der Waals surface area contributed by atoms with Gasteiger partial charge in [-0.15, -0.1) is 0 Å². The Kier molecular flexibility index (Phi) is 5.27. The zero-order valence-corrected chi connectivity index (χ0v) is 14.4. The summed E-state index contributed by atoms with van der Waals surface area (Å²) in [6.07, 6.45) is 1.26. The van der Waals surface area contributed by atoms with Gasteiger partial charge in [0.15, 0.2) is 0 Å². The molecule has 2 rings (SSSR count). The van der Waals surface area contributed by atoms with Crippen molar-refractivity contribution in [2.45, 2.75) is 45.3 Å². The minimum absolute atomic E-state index is 0.0955. The van der Waals surface area contributed by atoms with Gasteiger partial charge >= 0.3 is 0 Å². The maximum absolute atomic E-state index is 6.44. The Morgan fingerprint density at radius 3 is 2.75 bits per heavy atom. The molecule has 0 bridgehead atoms. The van der Waals surface area contributed by atoms with Gasteiger partial charge in [-0.05, 0) is 45.1 Å². The fourth-order valence-corrected chi connectivity index (χ4v) is 3.93. The molecule has 1 aromatic carbocycles. The third-order valence-electron chi connectivity index (χ3n) is 3.72. The lowest BCUT2D eigenvalue weighted by Crippen LogP contribution is -2.37. The van der Waals surface area contributed by atoms with Crippen LogP contribution in [0.1, 0.15) is 32.8 Å². The molecule has 0 amide bonds. The number of nitrogens with one attached hydrogen (secondary N) is 1. The van der Waals surface area contributed by atoms with Gasteiger partial charge in [0.1, 0.15) is 0 Å². The smallest absolute Gasteiger partial charge is 0.0471 e. The molecule has 1 atom stereocenters. The molecule has 0 aromatic heterocycles. The zero-order chi connectivity index (χ0) is 14.8. The molecule has 1 aromatic rings. The van der Waals surface area contributed by atoms with Gasteiger partial charge in [0.25, 0.3) is 0 Å². The molecule has 0 spiro atoms. The van der Waals surface area contributed by atoms with Crippen molar-refractivity contribution in [3.05, 3.63) is 28.8 Å². The number of rotatable bonds is 4. The summed E-state index contributed by atoms with van der Waals surface area (Å²) >= 11 is 8.48. The number of benzene rings is 1. The van der Waals surface area contributed by atoms with Crippen molar-refractivity contribution in [2.75, 3.05) is 23.5 Å². The van der Waals surface area contributed by atoms with Gasteiger partial charge in [0.2, 0.25) is 0 Å². The Balaban J connectivity index is 2.21. The zero-order valence-electron chi connectivity index (χ0n) is 12.9. The second kappa shape index (κ2) is 6.59. The van der Waals surface area contributed by atoms with Crippen LogP contribution in [0, 0.1) is 0 Å². The van der Waals surface area contributed by atoms with Crippen molar-refractivity contribution in [3.63, 3.8) is 0 Å². The van der Waals surface area contributed by atoms with Crippen LogP contribution in [0.4, 0.5) is 5.69 Å².